The van der Waals surface area contributed by atoms with E-state index in [0.717, 1.165) is 0 Å². The smallest absolute Gasteiger partial charge is 0.258 e. The zero-order valence-electron chi connectivity index (χ0n) is 13.3. The van der Waals surface area contributed by atoms with Gasteiger partial charge in [0.15, 0.2) is 18.1 Å². The Hall–Kier alpha value is -3.20. The molecule has 0 aromatic heterocycles. The SMILES string of the molecule is COc1ccccc1OCCNC(=O)COc1ccccc1C#N. The van der Waals surface area contributed by atoms with Crippen molar-refractivity contribution in [2.45, 2.75) is 0 Å². The number of hydrogen-bond donors (Lipinski definition) is 1. The molecule has 0 spiro atoms. The normalized spacial score (nSPS) is 9.67. The topological polar surface area (TPSA) is 80.6 Å². The molecule has 0 aliphatic heterocycles. The van der Waals surface area contributed by atoms with Gasteiger partial charge >= 0.3 is 0 Å². The van der Waals surface area contributed by atoms with E-state index in [1.54, 1.807) is 43.5 Å². The first-order valence-corrected chi connectivity index (χ1v) is 7.39. The Morgan fingerprint density at radius 2 is 1.71 bits per heavy atom. The van der Waals surface area contributed by atoms with Crippen LogP contribution in [0.15, 0.2) is 48.5 Å². The number of amides is 1. The third-order valence-corrected chi connectivity index (χ3v) is 3.12. The van der Waals surface area contributed by atoms with Gasteiger partial charge in [-0.2, -0.15) is 5.26 Å². The van der Waals surface area contributed by atoms with Gasteiger partial charge in [-0.25, -0.2) is 0 Å². The second kappa shape index (κ2) is 9.06. The molecular weight excluding hydrogens is 308 g/mol. The van der Waals surface area contributed by atoms with Crippen molar-refractivity contribution < 1.29 is 19.0 Å². The van der Waals surface area contributed by atoms with Crippen molar-refractivity contribution >= 4 is 5.91 Å². The standard InChI is InChI=1S/C18H18N2O4/c1-22-16-8-4-5-9-17(16)23-11-10-20-18(21)13-24-15-7-3-2-6-14(15)12-19/h2-9H,10-11,13H2,1H3,(H,20,21). The monoisotopic (exact) mass is 326 g/mol. The number of para-hydroxylation sites is 3. The predicted molar refractivity (Wildman–Crippen MR) is 88.2 cm³/mol. The summed E-state index contributed by atoms with van der Waals surface area (Å²) in [5.41, 5.74) is 0.393. The Labute approximate surface area is 140 Å². The van der Waals surface area contributed by atoms with Crippen molar-refractivity contribution in [1.29, 1.82) is 5.26 Å². The molecule has 1 amide bonds. The van der Waals surface area contributed by atoms with Gasteiger partial charge in [-0.3, -0.25) is 4.79 Å². The van der Waals surface area contributed by atoms with Crippen LogP contribution in [0.2, 0.25) is 0 Å². The fraction of sp³-hybridized carbons (Fsp3) is 0.222. The highest BCUT2D eigenvalue weighted by atomic mass is 16.5. The second-order valence-electron chi connectivity index (χ2n) is 4.75. The fourth-order valence-electron chi connectivity index (χ4n) is 1.97. The lowest BCUT2D eigenvalue weighted by Gasteiger charge is -2.11. The summed E-state index contributed by atoms with van der Waals surface area (Å²) in [6, 6.07) is 16.1. The van der Waals surface area contributed by atoms with Crippen molar-refractivity contribution in [2.75, 3.05) is 26.9 Å². The summed E-state index contributed by atoms with van der Waals surface area (Å²) in [5, 5.41) is 11.6. The van der Waals surface area contributed by atoms with E-state index in [2.05, 4.69) is 5.32 Å². The van der Waals surface area contributed by atoms with Gasteiger partial charge in [-0.1, -0.05) is 24.3 Å². The van der Waals surface area contributed by atoms with Gasteiger partial charge in [0, 0.05) is 0 Å². The first-order chi connectivity index (χ1) is 11.7. The van der Waals surface area contributed by atoms with Crippen LogP contribution in [-0.4, -0.2) is 32.8 Å². The summed E-state index contributed by atoms with van der Waals surface area (Å²) in [6.07, 6.45) is 0. The first kappa shape index (κ1) is 17.2. The number of nitrogens with zero attached hydrogens (tertiary/aromatic N) is 1. The summed E-state index contributed by atoms with van der Waals surface area (Å²) in [6.45, 7) is 0.481. The molecular formula is C18H18N2O4. The number of carbonyl (C=O) groups excluding carboxylic acids is 1. The van der Waals surface area contributed by atoms with Gasteiger partial charge in [0.05, 0.1) is 19.2 Å². The van der Waals surface area contributed by atoms with Crippen LogP contribution in [0.3, 0.4) is 0 Å². The molecule has 1 N–H and O–H groups in total. The number of nitriles is 1. The van der Waals surface area contributed by atoms with Gasteiger partial charge in [0.25, 0.3) is 5.91 Å². The number of benzene rings is 2. The van der Waals surface area contributed by atoms with E-state index in [1.165, 1.54) is 0 Å². The molecule has 0 aliphatic carbocycles. The van der Waals surface area contributed by atoms with E-state index in [1.807, 2.05) is 18.2 Å². The highest BCUT2D eigenvalue weighted by Crippen LogP contribution is 2.25. The van der Waals surface area contributed by atoms with Gasteiger partial charge in [-0.05, 0) is 24.3 Å². The third kappa shape index (κ3) is 4.92. The molecule has 0 radical (unpaired) electrons. The summed E-state index contributed by atoms with van der Waals surface area (Å²) in [7, 11) is 1.57. The van der Waals surface area contributed by atoms with Crippen LogP contribution >= 0.6 is 0 Å². The Balaban J connectivity index is 1.71. The van der Waals surface area contributed by atoms with E-state index in [9.17, 15) is 4.79 Å². The van der Waals surface area contributed by atoms with E-state index in [-0.39, 0.29) is 12.5 Å². The van der Waals surface area contributed by atoms with Gasteiger partial charge < -0.3 is 19.5 Å². The number of carbonyl (C=O) groups is 1. The van der Waals surface area contributed by atoms with E-state index < -0.39 is 0 Å². The number of rotatable bonds is 8. The molecule has 6 nitrogen and oxygen atoms in total. The Morgan fingerprint density at radius 3 is 2.42 bits per heavy atom. The maximum absolute atomic E-state index is 11.8. The zero-order valence-corrected chi connectivity index (χ0v) is 13.3. The molecule has 124 valence electrons. The maximum atomic E-state index is 11.8. The second-order valence-corrected chi connectivity index (χ2v) is 4.75. The average Bonchev–Trinajstić information content (AvgIpc) is 2.64. The summed E-state index contributed by atoms with van der Waals surface area (Å²) < 4.78 is 16.1. The molecule has 0 atom stereocenters. The van der Waals surface area contributed by atoms with E-state index >= 15 is 0 Å². The van der Waals surface area contributed by atoms with Gasteiger partial charge in [0.1, 0.15) is 18.4 Å². The Kier molecular flexibility index (Phi) is 6.47. The largest absolute Gasteiger partial charge is 0.493 e. The lowest BCUT2D eigenvalue weighted by Crippen LogP contribution is -2.32. The van der Waals surface area contributed by atoms with Gasteiger partial charge in [0.2, 0.25) is 0 Å². The number of ether oxygens (including phenoxy) is 3. The minimum absolute atomic E-state index is 0.159. The molecule has 2 aromatic carbocycles. The van der Waals surface area contributed by atoms with Crippen LogP contribution in [0.4, 0.5) is 0 Å². The summed E-state index contributed by atoms with van der Waals surface area (Å²) in [4.78, 5) is 11.8. The minimum Gasteiger partial charge on any atom is -0.493 e. The Bertz CT molecular complexity index is 725. The van der Waals surface area contributed by atoms with Crippen LogP contribution in [0.1, 0.15) is 5.56 Å². The molecule has 0 saturated heterocycles. The van der Waals surface area contributed by atoms with Crippen molar-refractivity contribution in [3.8, 4) is 23.3 Å². The molecule has 2 aromatic rings. The van der Waals surface area contributed by atoms with Crippen molar-refractivity contribution in [1.82, 2.24) is 5.32 Å². The van der Waals surface area contributed by atoms with Crippen LogP contribution in [-0.2, 0) is 4.79 Å². The van der Waals surface area contributed by atoms with Crippen LogP contribution < -0.4 is 19.5 Å². The summed E-state index contributed by atoms with van der Waals surface area (Å²) in [5.74, 6) is 1.36. The molecule has 6 heteroatoms. The minimum atomic E-state index is -0.286. The molecule has 0 aliphatic rings. The summed E-state index contributed by atoms with van der Waals surface area (Å²) >= 11 is 0. The molecule has 0 saturated carbocycles. The van der Waals surface area contributed by atoms with Crippen LogP contribution in [0.5, 0.6) is 17.2 Å². The lowest BCUT2D eigenvalue weighted by atomic mass is 10.2. The maximum Gasteiger partial charge on any atom is 0.258 e. The lowest BCUT2D eigenvalue weighted by molar-refractivity contribution is -0.123. The molecule has 0 heterocycles. The number of methoxy groups -OCH3 is 1. The zero-order chi connectivity index (χ0) is 17.2. The molecule has 0 bridgehead atoms. The van der Waals surface area contributed by atoms with Crippen LogP contribution in [0.25, 0.3) is 0 Å². The molecule has 0 unspecified atom stereocenters. The van der Waals surface area contributed by atoms with Crippen molar-refractivity contribution in [2.24, 2.45) is 0 Å². The van der Waals surface area contributed by atoms with Gasteiger partial charge in [-0.15, -0.1) is 0 Å². The van der Waals surface area contributed by atoms with Crippen LogP contribution in [0, 0.1) is 11.3 Å². The predicted octanol–water partition coefficient (Wildman–Crippen LogP) is 2.14. The Morgan fingerprint density at radius 1 is 1.04 bits per heavy atom. The number of hydrogen-bond acceptors (Lipinski definition) is 5. The average molecular weight is 326 g/mol. The molecule has 24 heavy (non-hydrogen) atoms. The van der Waals surface area contributed by atoms with E-state index in [4.69, 9.17) is 19.5 Å². The number of nitrogens with one attached hydrogen (secondary N) is 1. The fourth-order valence-corrected chi connectivity index (χ4v) is 1.97. The first-order valence-electron chi connectivity index (χ1n) is 7.39. The molecule has 0 fully saturated rings. The van der Waals surface area contributed by atoms with Crippen molar-refractivity contribution in [3.63, 3.8) is 0 Å². The van der Waals surface area contributed by atoms with E-state index in [0.29, 0.717) is 36.0 Å². The highest BCUT2D eigenvalue weighted by Gasteiger charge is 2.06. The van der Waals surface area contributed by atoms with Crippen molar-refractivity contribution in [3.05, 3.63) is 54.1 Å². The quantitative estimate of drug-likeness (QED) is 0.752. The molecule has 2 rings (SSSR count). The third-order valence-electron chi connectivity index (χ3n) is 3.12. The highest BCUT2D eigenvalue weighted by molar-refractivity contribution is 5.77.